The number of rotatable bonds is 8. The van der Waals surface area contributed by atoms with Gasteiger partial charge in [-0.25, -0.2) is 0 Å². The Morgan fingerprint density at radius 3 is 2.61 bits per heavy atom. The molecule has 0 radical (unpaired) electrons. The zero-order valence-corrected chi connectivity index (χ0v) is 16.6. The van der Waals surface area contributed by atoms with E-state index in [1.54, 1.807) is 19.3 Å². The van der Waals surface area contributed by atoms with Gasteiger partial charge in [-0.05, 0) is 55.3 Å². The van der Waals surface area contributed by atoms with E-state index >= 15 is 0 Å². The summed E-state index contributed by atoms with van der Waals surface area (Å²) < 4.78 is 10.8. The third-order valence-corrected chi connectivity index (χ3v) is 3.98. The first-order valence-electron chi connectivity index (χ1n) is 9.10. The fourth-order valence-corrected chi connectivity index (χ4v) is 2.67. The van der Waals surface area contributed by atoms with Crippen LogP contribution in [0, 0.1) is 0 Å². The van der Waals surface area contributed by atoms with Crippen LogP contribution >= 0.6 is 0 Å². The van der Waals surface area contributed by atoms with E-state index in [9.17, 15) is 9.59 Å². The minimum absolute atomic E-state index is 0.137. The molecule has 0 spiro atoms. The lowest BCUT2D eigenvalue weighted by Crippen LogP contribution is -2.24. The van der Waals surface area contributed by atoms with Crippen LogP contribution in [-0.2, 0) is 9.59 Å². The molecule has 0 aliphatic rings. The molecule has 148 valence electrons. The number of amides is 2. The molecule has 0 aliphatic heterocycles. The Hall–Kier alpha value is -3.28. The Labute approximate surface area is 165 Å². The lowest BCUT2D eigenvalue weighted by atomic mass is 10.1. The fourth-order valence-electron chi connectivity index (χ4n) is 2.67. The number of methoxy groups -OCH3 is 1. The summed E-state index contributed by atoms with van der Waals surface area (Å²) in [6.45, 7) is 5.80. The zero-order valence-electron chi connectivity index (χ0n) is 16.6. The monoisotopic (exact) mass is 382 g/mol. The van der Waals surface area contributed by atoms with Gasteiger partial charge in [-0.2, -0.15) is 0 Å². The molecule has 6 nitrogen and oxygen atoms in total. The van der Waals surface area contributed by atoms with Crippen LogP contribution in [0.25, 0.3) is 6.08 Å². The SMILES string of the molecule is CCOc1ccc(/C=C/C(=O)NC(C)c2cccc(NC(C)=O)c2)cc1OC. The van der Waals surface area contributed by atoms with Gasteiger partial charge in [0.1, 0.15) is 0 Å². The molecule has 2 aromatic carbocycles. The number of benzene rings is 2. The Bertz CT molecular complexity index is 861. The van der Waals surface area contributed by atoms with Crippen molar-refractivity contribution in [3.8, 4) is 11.5 Å². The molecule has 2 rings (SSSR count). The molecular weight excluding hydrogens is 356 g/mol. The third kappa shape index (κ3) is 6.16. The van der Waals surface area contributed by atoms with Gasteiger partial charge in [-0.1, -0.05) is 18.2 Å². The van der Waals surface area contributed by atoms with E-state index in [2.05, 4.69) is 10.6 Å². The average molecular weight is 382 g/mol. The van der Waals surface area contributed by atoms with E-state index in [4.69, 9.17) is 9.47 Å². The van der Waals surface area contributed by atoms with Crippen LogP contribution in [0.4, 0.5) is 5.69 Å². The molecule has 0 fully saturated rings. The van der Waals surface area contributed by atoms with Gasteiger partial charge in [0.05, 0.1) is 19.8 Å². The van der Waals surface area contributed by atoms with Crippen LogP contribution in [0.1, 0.15) is 37.9 Å². The first-order valence-corrected chi connectivity index (χ1v) is 9.10. The summed E-state index contributed by atoms with van der Waals surface area (Å²) in [5.74, 6) is 0.930. The van der Waals surface area contributed by atoms with Crippen LogP contribution in [0.3, 0.4) is 0 Å². The van der Waals surface area contributed by atoms with Gasteiger partial charge in [0, 0.05) is 18.7 Å². The molecule has 0 aromatic heterocycles. The fraction of sp³-hybridized carbons (Fsp3) is 0.273. The summed E-state index contributed by atoms with van der Waals surface area (Å²) in [6.07, 6.45) is 3.19. The van der Waals surface area contributed by atoms with E-state index in [0.717, 1.165) is 11.1 Å². The van der Waals surface area contributed by atoms with Crippen molar-refractivity contribution in [2.75, 3.05) is 19.0 Å². The van der Waals surface area contributed by atoms with Crippen molar-refractivity contribution in [2.24, 2.45) is 0 Å². The third-order valence-electron chi connectivity index (χ3n) is 3.98. The van der Waals surface area contributed by atoms with Crippen molar-refractivity contribution in [3.05, 3.63) is 59.7 Å². The predicted octanol–water partition coefficient (Wildman–Crippen LogP) is 3.94. The number of carbonyl (C=O) groups excluding carboxylic acids is 2. The summed E-state index contributed by atoms with van der Waals surface area (Å²) in [5.41, 5.74) is 2.43. The second-order valence-corrected chi connectivity index (χ2v) is 6.21. The molecule has 1 atom stereocenters. The summed E-state index contributed by atoms with van der Waals surface area (Å²) in [6, 6.07) is 12.7. The van der Waals surface area contributed by atoms with Crippen molar-refractivity contribution in [3.63, 3.8) is 0 Å². The largest absolute Gasteiger partial charge is 0.493 e. The quantitative estimate of drug-likeness (QED) is 0.678. The summed E-state index contributed by atoms with van der Waals surface area (Å²) in [7, 11) is 1.58. The maximum absolute atomic E-state index is 12.3. The van der Waals surface area contributed by atoms with Crippen molar-refractivity contribution in [1.29, 1.82) is 0 Å². The number of nitrogens with one attached hydrogen (secondary N) is 2. The zero-order chi connectivity index (χ0) is 20.5. The Morgan fingerprint density at radius 2 is 1.93 bits per heavy atom. The molecule has 0 saturated heterocycles. The number of anilines is 1. The summed E-state index contributed by atoms with van der Waals surface area (Å²) >= 11 is 0. The smallest absolute Gasteiger partial charge is 0.244 e. The van der Waals surface area contributed by atoms with Crippen molar-refractivity contribution in [1.82, 2.24) is 5.32 Å². The van der Waals surface area contributed by atoms with Gasteiger partial charge >= 0.3 is 0 Å². The van der Waals surface area contributed by atoms with Gasteiger partial charge in [-0.3, -0.25) is 9.59 Å². The van der Waals surface area contributed by atoms with Crippen molar-refractivity contribution in [2.45, 2.75) is 26.8 Å². The Balaban J connectivity index is 2.02. The molecule has 2 N–H and O–H groups in total. The molecule has 0 heterocycles. The molecule has 1 unspecified atom stereocenters. The highest BCUT2D eigenvalue weighted by molar-refractivity contribution is 5.92. The second-order valence-electron chi connectivity index (χ2n) is 6.21. The van der Waals surface area contributed by atoms with Crippen molar-refractivity contribution >= 4 is 23.6 Å². The van der Waals surface area contributed by atoms with Crippen LogP contribution in [0.5, 0.6) is 11.5 Å². The van der Waals surface area contributed by atoms with Gasteiger partial charge in [-0.15, -0.1) is 0 Å². The summed E-state index contributed by atoms with van der Waals surface area (Å²) in [4.78, 5) is 23.5. The number of hydrogen-bond donors (Lipinski definition) is 2. The van der Waals surface area contributed by atoms with Gasteiger partial charge in [0.25, 0.3) is 0 Å². The molecule has 28 heavy (non-hydrogen) atoms. The van der Waals surface area contributed by atoms with Crippen LogP contribution < -0.4 is 20.1 Å². The number of carbonyl (C=O) groups is 2. The maximum atomic E-state index is 12.3. The molecule has 0 aliphatic carbocycles. The van der Waals surface area contributed by atoms with Gasteiger partial charge < -0.3 is 20.1 Å². The minimum atomic E-state index is -0.217. The van der Waals surface area contributed by atoms with Crippen LogP contribution in [0.2, 0.25) is 0 Å². The molecule has 0 bridgehead atoms. The second kappa shape index (κ2) is 10.2. The topological polar surface area (TPSA) is 76.7 Å². The molecule has 2 amide bonds. The van der Waals surface area contributed by atoms with Gasteiger partial charge in [0.15, 0.2) is 11.5 Å². The first-order chi connectivity index (χ1) is 13.4. The highest BCUT2D eigenvalue weighted by Gasteiger charge is 2.09. The van der Waals surface area contributed by atoms with E-state index in [1.165, 1.54) is 13.0 Å². The first kappa shape index (κ1) is 21.0. The lowest BCUT2D eigenvalue weighted by Gasteiger charge is -2.14. The highest BCUT2D eigenvalue weighted by Crippen LogP contribution is 2.28. The predicted molar refractivity (Wildman–Crippen MR) is 111 cm³/mol. The van der Waals surface area contributed by atoms with E-state index in [-0.39, 0.29) is 17.9 Å². The Kier molecular flexibility index (Phi) is 7.63. The maximum Gasteiger partial charge on any atom is 0.244 e. The molecule has 2 aromatic rings. The molecule has 6 heteroatoms. The van der Waals surface area contributed by atoms with Crippen LogP contribution in [-0.4, -0.2) is 25.5 Å². The average Bonchev–Trinajstić information content (AvgIpc) is 2.67. The molecular formula is C22H26N2O4. The van der Waals surface area contributed by atoms with E-state index in [1.807, 2.05) is 50.2 Å². The Morgan fingerprint density at radius 1 is 1.14 bits per heavy atom. The number of hydrogen-bond acceptors (Lipinski definition) is 4. The number of ether oxygens (including phenoxy) is 2. The lowest BCUT2D eigenvalue weighted by molar-refractivity contribution is -0.117. The van der Waals surface area contributed by atoms with Gasteiger partial charge in [0.2, 0.25) is 11.8 Å². The van der Waals surface area contributed by atoms with E-state index < -0.39 is 0 Å². The summed E-state index contributed by atoms with van der Waals surface area (Å²) in [5, 5.41) is 5.65. The standard InChI is InChI=1S/C22H26N2O4/c1-5-28-20-11-9-17(13-21(20)27-4)10-12-22(26)23-15(2)18-7-6-8-19(14-18)24-16(3)25/h6-15H,5H2,1-4H3,(H,23,26)(H,24,25)/b12-10+. The van der Waals surface area contributed by atoms with Crippen LogP contribution in [0.15, 0.2) is 48.5 Å². The van der Waals surface area contributed by atoms with E-state index in [0.29, 0.717) is 23.8 Å². The minimum Gasteiger partial charge on any atom is -0.493 e. The molecule has 0 saturated carbocycles. The normalized spacial score (nSPS) is 11.7. The van der Waals surface area contributed by atoms with Crippen molar-refractivity contribution < 1.29 is 19.1 Å². The highest BCUT2D eigenvalue weighted by atomic mass is 16.5.